The molecule has 142 valence electrons. The molecule has 0 aliphatic heterocycles. The van der Waals surface area contributed by atoms with E-state index in [1.165, 1.54) is 0 Å². The van der Waals surface area contributed by atoms with Crippen LogP contribution in [-0.4, -0.2) is 34.6 Å². The quantitative estimate of drug-likeness (QED) is 0.599. The number of amides is 1. The van der Waals surface area contributed by atoms with E-state index in [4.69, 9.17) is 13.7 Å². The van der Waals surface area contributed by atoms with Gasteiger partial charge in [0.25, 0.3) is 0 Å². The second-order valence-corrected chi connectivity index (χ2v) is 6.17. The van der Waals surface area contributed by atoms with Gasteiger partial charge in [-0.2, -0.15) is 4.98 Å². The predicted octanol–water partition coefficient (Wildman–Crippen LogP) is 3.88. The van der Waals surface area contributed by atoms with Gasteiger partial charge in [0.1, 0.15) is 11.5 Å². The summed E-state index contributed by atoms with van der Waals surface area (Å²) in [5.74, 6) is 2.47. The van der Waals surface area contributed by atoms with Gasteiger partial charge in [-0.05, 0) is 50.2 Å². The molecular weight excluding hydrogens is 346 g/mol. The van der Waals surface area contributed by atoms with Gasteiger partial charge in [0.15, 0.2) is 0 Å². The Hall–Kier alpha value is -3.09. The highest BCUT2D eigenvalue weighted by Crippen LogP contribution is 2.22. The Morgan fingerprint density at radius 2 is 2.04 bits per heavy atom. The zero-order valence-corrected chi connectivity index (χ0v) is 15.7. The van der Waals surface area contributed by atoms with E-state index in [1.807, 2.05) is 50.2 Å². The molecule has 7 heteroatoms. The third kappa shape index (κ3) is 4.55. The summed E-state index contributed by atoms with van der Waals surface area (Å²) < 4.78 is 16.1. The molecule has 27 heavy (non-hydrogen) atoms. The fraction of sp³-hybridized carbons (Fsp3) is 0.350. The summed E-state index contributed by atoms with van der Waals surface area (Å²) in [6.07, 6.45) is 2.27. The average molecular weight is 369 g/mol. The Kier molecular flexibility index (Phi) is 5.90. The molecule has 0 bridgehead atoms. The van der Waals surface area contributed by atoms with Crippen molar-refractivity contribution in [3.63, 3.8) is 0 Å². The van der Waals surface area contributed by atoms with Crippen molar-refractivity contribution in [2.75, 3.05) is 13.7 Å². The monoisotopic (exact) mass is 369 g/mol. The van der Waals surface area contributed by atoms with Gasteiger partial charge >= 0.3 is 0 Å². The molecule has 1 unspecified atom stereocenters. The number of rotatable bonds is 8. The van der Waals surface area contributed by atoms with E-state index in [9.17, 15) is 4.79 Å². The number of hydrogen-bond donors (Lipinski definition) is 0. The Morgan fingerprint density at radius 1 is 1.26 bits per heavy atom. The SMILES string of the molecule is CCOc1ccc(-c2noc(CCC(=O)N(C)C(C)c3ccco3)n2)cc1. The second-order valence-electron chi connectivity index (χ2n) is 6.17. The topological polar surface area (TPSA) is 81.6 Å². The number of carbonyl (C=O) groups is 1. The molecular formula is C20H23N3O4. The molecule has 1 atom stereocenters. The van der Waals surface area contributed by atoms with Crippen LogP contribution in [0.3, 0.4) is 0 Å². The summed E-state index contributed by atoms with van der Waals surface area (Å²) >= 11 is 0. The average Bonchev–Trinajstić information content (AvgIpc) is 3.38. The molecule has 7 nitrogen and oxygen atoms in total. The van der Waals surface area contributed by atoms with Crippen LogP contribution < -0.4 is 4.74 Å². The summed E-state index contributed by atoms with van der Waals surface area (Å²) in [6.45, 7) is 4.48. The van der Waals surface area contributed by atoms with Crippen LogP contribution in [0.25, 0.3) is 11.4 Å². The minimum atomic E-state index is -0.130. The van der Waals surface area contributed by atoms with E-state index >= 15 is 0 Å². The summed E-state index contributed by atoms with van der Waals surface area (Å²) in [6, 6.07) is 11.0. The molecule has 2 aromatic heterocycles. The van der Waals surface area contributed by atoms with Crippen molar-refractivity contribution in [3.8, 4) is 17.1 Å². The minimum absolute atomic E-state index is 0.0142. The Balaban J connectivity index is 1.56. The molecule has 0 radical (unpaired) electrons. The first-order valence-electron chi connectivity index (χ1n) is 8.93. The predicted molar refractivity (Wildman–Crippen MR) is 99.1 cm³/mol. The number of aryl methyl sites for hydroxylation is 1. The molecule has 0 saturated heterocycles. The maximum absolute atomic E-state index is 12.4. The number of hydrogen-bond acceptors (Lipinski definition) is 6. The van der Waals surface area contributed by atoms with E-state index in [-0.39, 0.29) is 18.4 Å². The smallest absolute Gasteiger partial charge is 0.227 e. The van der Waals surface area contributed by atoms with Crippen molar-refractivity contribution >= 4 is 5.91 Å². The molecule has 1 aromatic carbocycles. The van der Waals surface area contributed by atoms with Crippen LogP contribution in [0.4, 0.5) is 0 Å². The zero-order valence-electron chi connectivity index (χ0n) is 15.7. The molecule has 0 fully saturated rings. The lowest BCUT2D eigenvalue weighted by molar-refractivity contribution is -0.132. The molecule has 1 amide bonds. The third-order valence-electron chi connectivity index (χ3n) is 4.37. The lowest BCUT2D eigenvalue weighted by Crippen LogP contribution is -2.29. The standard InChI is InChI=1S/C20H23N3O4/c1-4-25-16-9-7-15(8-10-16)20-21-18(27-22-20)11-12-19(24)23(3)14(2)17-6-5-13-26-17/h5-10,13-14H,4,11-12H2,1-3H3. The van der Waals surface area contributed by atoms with Crippen molar-refractivity contribution < 1.29 is 18.5 Å². The highest BCUT2D eigenvalue weighted by molar-refractivity contribution is 5.76. The van der Waals surface area contributed by atoms with Crippen LogP contribution in [0.5, 0.6) is 5.75 Å². The van der Waals surface area contributed by atoms with Gasteiger partial charge in [-0.1, -0.05) is 5.16 Å². The van der Waals surface area contributed by atoms with Crippen molar-refractivity contribution in [3.05, 3.63) is 54.3 Å². The largest absolute Gasteiger partial charge is 0.494 e. The number of aromatic nitrogens is 2. The summed E-state index contributed by atoms with van der Waals surface area (Å²) in [7, 11) is 1.76. The summed E-state index contributed by atoms with van der Waals surface area (Å²) in [4.78, 5) is 18.4. The van der Waals surface area contributed by atoms with E-state index in [0.717, 1.165) is 17.1 Å². The second kappa shape index (κ2) is 8.53. The Morgan fingerprint density at radius 3 is 2.70 bits per heavy atom. The van der Waals surface area contributed by atoms with Gasteiger partial charge in [0.05, 0.1) is 18.9 Å². The number of benzene rings is 1. The van der Waals surface area contributed by atoms with Crippen LogP contribution in [0.15, 0.2) is 51.6 Å². The maximum Gasteiger partial charge on any atom is 0.227 e. The highest BCUT2D eigenvalue weighted by atomic mass is 16.5. The summed E-state index contributed by atoms with van der Waals surface area (Å²) in [5.41, 5.74) is 0.836. The molecule has 0 saturated carbocycles. The van der Waals surface area contributed by atoms with E-state index in [0.29, 0.717) is 24.7 Å². The molecule has 0 aliphatic carbocycles. The molecule has 0 aliphatic rings. The molecule has 0 N–H and O–H groups in total. The van der Waals surface area contributed by atoms with Gasteiger partial charge in [-0.3, -0.25) is 4.79 Å². The van der Waals surface area contributed by atoms with Gasteiger partial charge in [-0.15, -0.1) is 0 Å². The van der Waals surface area contributed by atoms with Crippen molar-refractivity contribution in [1.82, 2.24) is 15.0 Å². The Labute approximate surface area is 157 Å². The van der Waals surface area contributed by atoms with Gasteiger partial charge in [0.2, 0.25) is 17.6 Å². The van der Waals surface area contributed by atoms with E-state index in [1.54, 1.807) is 18.2 Å². The summed E-state index contributed by atoms with van der Waals surface area (Å²) in [5, 5.41) is 3.99. The first-order valence-corrected chi connectivity index (χ1v) is 8.93. The van der Waals surface area contributed by atoms with Gasteiger partial charge in [0, 0.05) is 25.5 Å². The molecule has 0 spiro atoms. The Bertz CT molecular complexity index is 856. The minimum Gasteiger partial charge on any atom is -0.494 e. The lowest BCUT2D eigenvalue weighted by Gasteiger charge is -2.23. The molecule has 2 heterocycles. The van der Waals surface area contributed by atoms with Crippen LogP contribution in [-0.2, 0) is 11.2 Å². The fourth-order valence-electron chi connectivity index (χ4n) is 2.67. The van der Waals surface area contributed by atoms with Crippen molar-refractivity contribution in [2.45, 2.75) is 32.7 Å². The van der Waals surface area contributed by atoms with Gasteiger partial charge in [-0.25, -0.2) is 0 Å². The normalized spacial score (nSPS) is 12.0. The van der Waals surface area contributed by atoms with Crippen molar-refractivity contribution in [2.24, 2.45) is 0 Å². The number of nitrogens with zero attached hydrogens (tertiary/aromatic N) is 3. The number of carbonyl (C=O) groups excluding carboxylic acids is 1. The van der Waals surface area contributed by atoms with Gasteiger partial charge < -0.3 is 18.6 Å². The van der Waals surface area contributed by atoms with Crippen LogP contribution >= 0.6 is 0 Å². The molecule has 3 rings (SSSR count). The van der Waals surface area contributed by atoms with E-state index < -0.39 is 0 Å². The van der Waals surface area contributed by atoms with Crippen LogP contribution in [0, 0.1) is 0 Å². The van der Waals surface area contributed by atoms with Crippen LogP contribution in [0.1, 0.15) is 38.0 Å². The van der Waals surface area contributed by atoms with Crippen molar-refractivity contribution in [1.29, 1.82) is 0 Å². The van der Waals surface area contributed by atoms with E-state index in [2.05, 4.69) is 10.1 Å². The number of ether oxygens (including phenoxy) is 1. The zero-order chi connectivity index (χ0) is 19.2. The highest BCUT2D eigenvalue weighted by Gasteiger charge is 2.20. The first-order chi connectivity index (χ1) is 13.1. The fourth-order valence-corrected chi connectivity index (χ4v) is 2.67. The molecule has 3 aromatic rings. The first kappa shape index (κ1) is 18.7. The number of furan rings is 1. The third-order valence-corrected chi connectivity index (χ3v) is 4.37. The lowest BCUT2D eigenvalue weighted by atomic mass is 10.2. The van der Waals surface area contributed by atoms with Crippen LogP contribution in [0.2, 0.25) is 0 Å². The maximum atomic E-state index is 12.4.